The van der Waals surface area contributed by atoms with Gasteiger partial charge in [0, 0.05) is 32.4 Å². The molecule has 0 aliphatic carbocycles. The topological polar surface area (TPSA) is 65.1 Å². The number of likely N-dealkylation sites (tertiary alicyclic amines) is 1. The molecule has 0 saturated carbocycles. The minimum absolute atomic E-state index is 0.0227. The lowest BCUT2D eigenvalue weighted by Gasteiger charge is -2.38. The van der Waals surface area contributed by atoms with E-state index in [4.69, 9.17) is 0 Å². The Morgan fingerprint density at radius 2 is 2.11 bits per heavy atom. The van der Waals surface area contributed by atoms with Crippen LogP contribution in [-0.4, -0.2) is 56.8 Å². The van der Waals surface area contributed by atoms with E-state index in [9.17, 15) is 4.79 Å². The molecule has 1 saturated heterocycles. The number of carbonyl (C=O) groups excluding carboxylic acids is 1. The Morgan fingerprint density at radius 1 is 1.26 bits per heavy atom. The number of aromatic nitrogens is 3. The Morgan fingerprint density at radius 3 is 2.96 bits per heavy atom. The summed E-state index contributed by atoms with van der Waals surface area (Å²) in [7, 11) is 1.88. The lowest BCUT2D eigenvalue weighted by atomic mass is 10.0. The molecule has 1 aromatic carbocycles. The number of nitrogens with zero attached hydrogens (tertiary/aromatic N) is 4. The van der Waals surface area contributed by atoms with Gasteiger partial charge in [-0.25, -0.2) is 4.98 Å². The number of imidazole rings is 1. The van der Waals surface area contributed by atoms with Gasteiger partial charge in [0.25, 0.3) is 5.91 Å². The van der Waals surface area contributed by atoms with Gasteiger partial charge in [0.2, 0.25) is 0 Å². The fourth-order valence-electron chi connectivity index (χ4n) is 3.92. The molecule has 1 atom stereocenters. The summed E-state index contributed by atoms with van der Waals surface area (Å²) in [6.07, 6.45) is 8.47. The molecule has 27 heavy (non-hydrogen) atoms. The van der Waals surface area contributed by atoms with Crippen LogP contribution in [0.15, 0.2) is 49.1 Å². The van der Waals surface area contributed by atoms with E-state index >= 15 is 0 Å². The number of pyridine rings is 1. The number of hydrogen-bond donors (Lipinski definition) is 1. The predicted octanol–water partition coefficient (Wildman–Crippen LogP) is 3.08. The second-order valence-electron chi connectivity index (χ2n) is 7.28. The molecule has 1 N–H and O–H groups in total. The van der Waals surface area contributed by atoms with E-state index in [1.54, 1.807) is 18.7 Å². The zero-order valence-corrected chi connectivity index (χ0v) is 15.6. The van der Waals surface area contributed by atoms with Crippen LogP contribution in [0.25, 0.3) is 11.0 Å². The normalized spacial score (nSPS) is 17.9. The highest BCUT2D eigenvalue weighted by atomic mass is 16.2. The van der Waals surface area contributed by atoms with Gasteiger partial charge < -0.3 is 9.88 Å². The maximum absolute atomic E-state index is 13.0. The van der Waals surface area contributed by atoms with Crippen LogP contribution in [0, 0.1) is 0 Å². The number of amides is 1. The Labute approximate surface area is 159 Å². The average Bonchev–Trinajstić information content (AvgIpc) is 3.18. The molecule has 4 rings (SSSR count). The van der Waals surface area contributed by atoms with Crippen molar-refractivity contribution in [3.63, 3.8) is 0 Å². The molecule has 6 heteroatoms. The number of carbonyl (C=O) groups is 1. The zero-order chi connectivity index (χ0) is 18.6. The molecule has 3 heterocycles. The van der Waals surface area contributed by atoms with E-state index in [2.05, 4.69) is 44.1 Å². The molecular formula is C21H25N5O. The van der Waals surface area contributed by atoms with Gasteiger partial charge in [-0.05, 0) is 24.9 Å². The quantitative estimate of drug-likeness (QED) is 0.757. The van der Waals surface area contributed by atoms with E-state index in [1.165, 1.54) is 18.4 Å². The highest BCUT2D eigenvalue weighted by Crippen LogP contribution is 2.22. The highest BCUT2D eigenvalue weighted by molar-refractivity contribution is 6.04. The second-order valence-corrected chi connectivity index (χ2v) is 7.28. The van der Waals surface area contributed by atoms with Crippen molar-refractivity contribution in [3.8, 4) is 0 Å². The summed E-state index contributed by atoms with van der Waals surface area (Å²) in [5, 5.41) is 0. The summed E-state index contributed by atoms with van der Waals surface area (Å²) in [5.74, 6) is -0.0227. The van der Waals surface area contributed by atoms with Crippen molar-refractivity contribution < 1.29 is 4.79 Å². The van der Waals surface area contributed by atoms with Gasteiger partial charge in [0.1, 0.15) is 5.52 Å². The Balaban J connectivity index is 1.47. The van der Waals surface area contributed by atoms with E-state index in [-0.39, 0.29) is 5.91 Å². The minimum Gasteiger partial charge on any atom is -0.343 e. The number of piperidine rings is 1. The third-order valence-electron chi connectivity index (χ3n) is 5.37. The Hall–Kier alpha value is -2.73. The molecule has 3 aromatic rings. The first-order valence-electron chi connectivity index (χ1n) is 9.53. The highest BCUT2D eigenvalue weighted by Gasteiger charge is 2.26. The molecular weight excluding hydrogens is 338 g/mol. The van der Waals surface area contributed by atoms with Crippen molar-refractivity contribution >= 4 is 16.9 Å². The van der Waals surface area contributed by atoms with E-state index in [0.29, 0.717) is 23.7 Å². The molecule has 6 nitrogen and oxygen atoms in total. The van der Waals surface area contributed by atoms with Crippen molar-refractivity contribution in [1.29, 1.82) is 0 Å². The van der Waals surface area contributed by atoms with Gasteiger partial charge in [-0.1, -0.05) is 36.8 Å². The molecule has 0 bridgehead atoms. The summed E-state index contributed by atoms with van der Waals surface area (Å²) in [5.41, 5.74) is 3.36. The van der Waals surface area contributed by atoms with E-state index in [1.807, 2.05) is 18.0 Å². The number of hydrogen-bond acceptors (Lipinski definition) is 4. The van der Waals surface area contributed by atoms with E-state index in [0.717, 1.165) is 25.0 Å². The van der Waals surface area contributed by atoms with Crippen LogP contribution in [0.1, 0.15) is 35.2 Å². The molecule has 1 fully saturated rings. The van der Waals surface area contributed by atoms with Crippen molar-refractivity contribution in [1.82, 2.24) is 24.8 Å². The molecule has 0 unspecified atom stereocenters. The fourth-order valence-corrected chi connectivity index (χ4v) is 3.92. The summed E-state index contributed by atoms with van der Waals surface area (Å²) < 4.78 is 0. The molecule has 0 spiro atoms. The lowest BCUT2D eigenvalue weighted by Crippen LogP contribution is -2.46. The lowest BCUT2D eigenvalue weighted by molar-refractivity contribution is 0.0671. The summed E-state index contributed by atoms with van der Waals surface area (Å²) in [4.78, 5) is 28.8. The zero-order valence-electron chi connectivity index (χ0n) is 15.6. The molecule has 1 aliphatic rings. The first-order valence-corrected chi connectivity index (χ1v) is 9.53. The molecule has 2 aromatic heterocycles. The Kier molecular flexibility index (Phi) is 5.16. The van der Waals surface area contributed by atoms with Crippen LogP contribution < -0.4 is 0 Å². The SMILES string of the molecule is CN(C[C@H]1CCCCN1Cc1ccccc1)C(=O)c1cncc2[nH]cnc12. The molecule has 1 aliphatic heterocycles. The van der Waals surface area contributed by atoms with Crippen molar-refractivity contribution in [2.75, 3.05) is 20.1 Å². The van der Waals surface area contributed by atoms with E-state index < -0.39 is 0 Å². The summed E-state index contributed by atoms with van der Waals surface area (Å²) in [6.45, 7) is 2.73. The molecule has 140 valence electrons. The predicted molar refractivity (Wildman–Crippen MR) is 105 cm³/mol. The third kappa shape index (κ3) is 3.85. The summed E-state index contributed by atoms with van der Waals surface area (Å²) >= 11 is 0. The number of nitrogens with one attached hydrogen (secondary N) is 1. The number of rotatable bonds is 5. The van der Waals surface area contributed by atoms with Gasteiger partial charge in [-0.3, -0.25) is 14.7 Å². The molecule has 1 amide bonds. The van der Waals surface area contributed by atoms with Gasteiger partial charge in [0.15, 0.2) is 0 Å². The van der Waals surface area contributed by atoms with Crippen LogP contribution >= 0.6 is 0 Å². The Bertz CT molecular complexity index is 907. The van der Waals surface area contributed by atoms with Crippen LogP contribution in [0.5, 0.6) is 0 Å². The third-order valence-corrected chi connectivity index (χ3v) is 5.37. The second kappa shape index (κ2) is 7.88. The van der Waals surface area contributed by atoms with Gasteiger partial charge in [-0.2, -0.15) is 0 Å². The maximum atomic E-state index is 13.0. The average molecular weight is 363 g/mol. The number of benzene rings is 1. The van der Waals surface area contributed by atoms with Crippen LogP contribution in [0.3, 0.4) is 0 Å². The monoisotopic (exact) mass is 363 g/mol. The summed E-state index contributed by atoms with van der Waals surface area (Å²) in [6, 6.07) is 10.9. The van der Waals surface area contributed by atoms with Crippen LogP contribution in [0.2, 0.25) is 0 Å². The first kappa shape index (κ1) is 17.7. The maximum Gasteiger partial charge on any atom is 0.257 e. The van der Waals surface area contributed by atoms with Crippen molar-refractivity contribution in [2.45, 2.75) is 31.8 Å². The minimum atomic E-state index is -0.0227. The standard InChI is InChI=1S/C21H25N5O/c1-25(21(27)18-11-22-12-19-20(18)24-15-23-19)14-17-9-5-6-10-26(17)13-16-7-3-2-4-8-16/h2-4,7-8,11-12,15,17H,5-6,9-10,13-14H2,1H3,(H,23,24)/t17-/m1/s1. The van der Waals surface area contributed by atoms with Crippen molar-refractivity contribution in [3.05, 3.63) is 60.2 Å². The van der Waals surface area contributed by atoms with Crippen LogP contribution in [-0.2, 0) is 6.54 Å². The fraction of sp³-hybridized carbons (Fsp3) is 0.381. The number of likely N-dealkylation sites (N-methyl/N-ethyl adjacent to an activating group) is 1. The largest absolute Gasteiger partial charge is 0.343 e. The van der Waals surface area contributed by atoms with Crippen LogP contribution in [0.4, 0.5) is 0 Å². The number of H-pyrrole nitrogens is 1. The number of fused-ring (bicyclic) bond motifs is 1. The van der Waals surface area contributed by atoms with Crippen molar-refractivity contribution in [2.24, 2.45) is 0 Å². The molecule has 0 radical (unpaired) electrons. The van der Waals surface area contributed by atoms with Gasteiger partial charge in [0.05, 0.1) is 23.6 Å². The van der Waals surface area contributed by atoms with Gasteiger partial charge >= 0.3 is 0 Å². The smallest absolute Gasteiger partial charge is 0.257 e. The van der Waals surface area contributed by atoms with Gasteiger partial charge in [-0.15, -0.1) is 0 Å². The number of aromatic amines is 1. The first-order chi connectivity index (χ1) is 13.2.